The van der Waals surface area contributed by atoms with Gasteiger partial charge in [0.05, 0.1) is 6.61 Å². The first-order valence-electron chi connectivity index (χ1n) is 10.2. The average Bonchev–Trinajstić information content (AvgIpc) is 2.52. The van der Waals surface area contributed by atoms with Crippen LogP contribution >= 0.6 is 0 Å². The number of esters is 1. The minimum absolute atomic E-state index is 0.134. The van der Waals surface area contributed by atoms with E-state index in [-0.39, 0.29) is 5.97 Å². The van der Waals surface area contributed by atoms with Gasteiger partial charge in [-0.25, -0.2) is 4.79 Å². The molecule has 5 heteroatoms. The van der Waals surface area contributed by atoms with Crippen LogP contribution < -0.4 is 5.73 Å². The molecular weight excluding hydrogens is 316 g/mol. The van der Waals surface area contributed by atoms with E-state index in [1.807, 2.05) is 6.92 Å². The number of carbonyl (C=O) groups is 2. The molecule has 2 amide bonds. The molecule has 5 nitrogen and oxygen atoms in total. The van der Waals surface area contributed by atoms with Crippen molar-refractivity contribution in [1.82, 2.24) is 4.90 Å². The van der Waals surface area contributed by atoms with Gasteiger partial charge in [-0.15, -0.1) is 0 Å². The number of nitrogens with zero attached hydrogens (tertiary/aromatic N) is 1. The van der Waals surface area contributed by atoms with Crippen LogP contribution in [0.4, 0.5) is 4.79 Å². The van der Waals surface area contributed by atoms with Gasteiger partial charge in [-0.05, 0) is 81.0 Å². The summed E-state index contributed by atoms with van der Waals surface area (Å²) in [4.78, 5) is 24.9. The van der Waals surface area contributed by atoms with Crippen molar-refractivity contribution in [2.75, 3.05) is 19.7 Å². The molecule has 0 radical (unpaired) electrons. The number of primary amides is 1. The van der Waals surface area contributed by atoms with Crippen LogP contribution in [0.3, 0.4) is 0 Å². The van der Waals surface area contributed by atoms with Crippen LogP contribution in [-0.2, 0) is 9.53 Å². The van der Waals surface area contributed by atoms with Gasteiger partial charge in [-0.1, -0.05) is 6.92 Å². The summed E-state index contributed by atoms with van der Waals surface area (Å²) in [6.45, 7) is 3.76. The van der Waals surface area contributed by atoms with Crippen molar-refractivity contribution in [2.45, 2.75) is 71.1 Å². The molecule has 142 valence electrons. The zero-order valence-corrected chi connectivity index (χ0v) is 15.7. The molecule has 4 bridgehead atoms. The number of hydrogen-bond donors (Lipinski definition) is 1. The van der Waals surface area contributed by atoms with Gasteiger partial charge in [-0.3, -0.25) is 4.79 Å². The van der Waals surface area contributed by atoms with Crippen LogP contribution in [-0.4, -0.2) is 36.6 Å². The van der Waals surface area contributed by atoms with Crippen LogP contribution in [0.25, 0.3) is 0 Å². The van der Waals surface area contributed by atoms with Crippen LogP contribution in [0.15, 0.2) is 0 Å². The molecule has 0 spiro atoms. The summed E-state index contributed by atoms with van der Waals surface area (Å²) in [5, 5.41) is 0. The number of amides is 2. The number of urea groups is 1. The molecule has 0 heterocycles. The third-order valence-electron chi connectivity index (χ3n) is 6.67. The highest BCUT2D eigenvalue weighted by atomic mass is 16.5. The molecule has 4 fully saturated rings. The van der Waals surface area contributed by atoms with Crippen LogP contribution in [0.2, 0.25) is 0 Å². The normalized spacial score (nSPS) is 32.6. The summed E-state index contributed by atoms with van der Waals surface area (Å²) in [5.41, 5.74) is 5.81. The lowest BCUT2D eigenvalue weighted by Crippen LogP contribution is -2.46. The van der Waals surface area contributed by atoms with Crippen molar-refractivity contribution in [3.8, 4) is 0 Å². The summed E-state index contributed by atoms with van der Waals surface area (Å²) in [6.07, 6.45) is 11.4. The van der Waals surface area contributed by atoms with Crippen LogP contribution in [0.1, 0.15) is 71.1 Å². The molecule has 0 atom stereocenters. The highest BCUT2D eigenvalue weighted by Gasteiger charge is 2.50. The quantitative estimate of drug-likeness (QED) is 0.644. The Hall–Kier alpha value is -1.26. The van der Waals surface area contributed by atoms with Crippen molar-refractivity contribution >= 4 is 12.0 Å². The highest BCUT2D eigenvalue weighted by molar-refractivity contribution is 5.72. The van der Waals surface area contributed by atoms with E-state index in [1.54, 1.807) is 4.90 Å². The summed E-state index contributed by atoms with van der Waals surface area (Å²) >= 11 is 0. The van der Waals surface area contributed by atoms with E-state index in [0.717, 1.165) is 30.6 Å². The zero-order chi connectivity index (χ0) is 17.9. The second kappa shape index (κ2) is 7.96. The van der Waals surface area contributed by atoms with Crippen LogP contribution in [0.5, 0.6) is 0 Å². The Morgan fingerprint density at radius 3 is 2.20 bits per heavy atom. The molecule has 0 aliphatic heterocycles. The monoisotopic (exact) mass is 350 g/mol. The van der Waals surface area contributed by atoms with Crippen molar-refractivity contribution in [2.24, 2.45) is 28.9 Å². The SMILES string of the molecule is CCCN(CCCC(=O)OCCC12CC3CC(CC(C3)C1)C2)C(N)=O. The van der Waals surface area contributed by atoms with Gasteiger partial charge in [0.2, 0.25) is 0 Å². The summed E-state index contributed by atoms with van der Waals surface area (Å²) in [5.74, 6) is 2.70. The van der Waals surface area contributed by atoms with Gasteiger partial charge in [0.25, 0.3) is 0 Å². The second-order valence-electron chi connectivity index (χ2n) is 8.82. The molecule has 4 saturated carbocycles. The fourth-order valence-electron chi connectivity index (χ4n) is 6.07. The number of carbonyl (C=O) groups excluding carboxylic acids is 2. The van der Waals surface area contributed by atoms with E-state index >= 15 is 0 Å². The van der Waals surface area contributed by atoms with E-state index in [4.69, 9.17) is 10.5 Å². The predicted octanol–water partition coefficient (Wildman–Crippen LogP) is 3.71. The smallest absolute Gasteiger partial charge is 0.314 e. The number of rotatable bonds is 9. The van der Waals surface area contributed by atoms with Gasteiger partial charge in [0, 0.05) is 19.5 Å². The molecule has 25 heavy (non-hydrogen) atoms. The van der Waals surface area contributed by atoms with E-state index in [2.05, 4.69) is 0 Å². The third kappa shape index (κ3) is 4.68. The van der Waals surface area contributed by atoms with Crippen molar-refractivity contribution < 1.29 is 14.3 Å². The molecule has 4 aliphatic carbocycles. The van der Waals surface area contributed by atoms with Gasteiger partial charge < -0.3 is 15.4 Å². The maximum atomic E-state index is 12.0. The lowest BCUT2D eigenvalue weighted by Gasteiger charge is -2.57. The third-order valence-corrected chi connectivity index (χ3v) is 6.67. The summed E-state index contributed by atoms with van der Waals surface area (Å²) in [6, 6.07) is -0.406. The lowest BCUT2D eigenvalue weighted by atomic mass is 9.49. The topological polar surface area (TPSA) is 72.6 Å². The first-order chi connectivity index (χ1) is 12.0. The number of ether oxygens (including phenoxy) is 1. The maximum Gasteiger partial charge on any atom is 0.314 e. The maximum absolute atomic E-state index is 12.0. The second-order valence-corrected chi connectivity index (χ2v) is 8.82. The Labute approximate surface area is 151 Å². The highest BCUT2D eigenvalue weighted by Crippen LogP contribution is 2.61. The minimum Gasteiger partial charge on any atom is -0.466 e. The Morgan fingerprint density at radius 2 is 1.68 bits per heavy atom. The number of nitrogens with two attached hydrogens (primary N) is 1. The summed E-state index contributed by atoms with van der Waals surface area (Å²) in [7, 11) is 0. The van der Waals surface area contributed by atoms with Gasteiger partial charge in [0.1, 0.15) is 0 Å². The first kappa shape index (κ1) is 18.5. The number of hydrogen-bond acceptors (Lipinski definition) is 3. The van der Waals surface area contributed by atoms with Crippen molar-refractivity contribution in [3.63, 3.8) is 0 Å². The fraction of sp³-hybridized carbons (Fsp3) is 0.900. The van der Waals surface area contributed by atoms with E-state index in [9.17, 15) is 9.59 Å². The molecule has 0 saturated heterocycles. The zero-order valence-electron chi connectivity index (χ0n) is 15.7. The van der Waals surface area contributed by atoms with Gasteiger partial charge >= 0.3 is 12.0 Å². The molecule has 0 aromatic rings. The predicted molar refractivity (Wildman–Crippen MR) is 96.9 cm³/mol. The molecular formula is C20H34N2O3. The van der Waals surface area contributed by atoms with E-state index in [1.165, 1.54) is 38.5 Å². The van der Waals surface area contributed by atoms with Gasteiger partial charge in [-0.2, -0.15) is 0 Å². The molecule has 2 N–H and O–H groups in total. The van der Waals surface area contributed by atoms with Crippen LogP contribution in [0, 0.1) is 23.2 Å². The van der Waals surface area contributed by atoms with E-state index < -0.39 is 6.03 Å². The Kier molecular flexibility index (Phi) is 5.90. The molecule has 0 unspecified atom stereocenters. The average molecular weight is 351 g/mol. The largest absolute Gasteiger partial charge is 0.466 e. The molecule has 0 aromatic heterocycles. The van der Waals surface area contributed by atoms with Gasteiger partial charge in [0.15, 0.2) is 0 Å². The van der Waals surface area contributed by atoms with Crippen molar-refractivity contribution in [1.29, 1.82) is 0 Å². The fourth-order valence-corrected chi connectivity index (χ4v) is 6.07. The Morgan fingerprint density at radius 1 is 1.08 bits per heavy atom. The van der Waals surface area contributed by atoms with Crippen molar-refractivity contribution in [3.05, 3.63) is 0 Å². The first-order valence-corrected chi connectivity index (χ1v) is 10.2. The standard InChI is InChI=1S/C20H34N2O3/c1-2-6-22(19(21)24)7-3-4-18(23)25-8-5-20-12-15-9-16(13-20)11-17(10-15)14-20/h15-17H,2-14H2,1H3,(H2,21,24). The molecule has 4 rings (SSSR count). The minimum atomic E-state index is -0.406. The Balaban J connectivity index is 1.34. The Bertz CT molecular complexity index is 456. The van der Waals surface area contributed by atoms with E-state index in [0.29, 0.717) is 38.0 Å². The summed E-state index contributed by atoms with van der Waals surface area (Å²) < 4.78 is 5.51. The molecule has 0 aromatic carbocycles. The molecule has 4 aliphatic rings. The lowest BCUT2D eigenvalue weighted by molar-refractivity contribution is -0.146.